The fourth-order valence-electron chi connectivity index (χ4n) is 1.98. The van der Waals surface area contributed by atoms with Gasteiger partial charge < -0.3 is 10.6 Å². The molecule has 1 heterocycles. The largest absolute Gasteiger partial charge is 0.326 e. The molecule has 1 atom stereocenters. The molecule has 0 bridgehead atoms. The highest BCUT2D eigenvalue weighted by molar-refractivity contribution is 9.10. The second-order valence-corrected chi connectivity index (χ2v) is 6.04. The molecule has 102 valence electrons. The number of fused-ring (bicyclic) bond motifs is 1. The Hall–Kier alpha value is -1.36. The van der Waals surface area contributed by atoms with Crippen molar-refractivity contribution in [1.29, 1.82) is 0 Å². The number of anilines is 2. The van der Waals surface area contributed by atoms with Gasteiger partial charge in [-0.05, 0) is 36.1 Å². The van der Waals surface area contributed by atoms with Crippen molar-refractivity contribution in [2.24, 2.45) is 5.92 Å². The number of rotatable bonds is 3. The predicted molar refractivity (Wildman–Crippen MR) is 79.6 cm³/mol. The summed E-state index contributed by atoms with van der Waals surface area (Å²) in [5.41, 5.74) is 2.67. The average Bonchev–Trinajstić information content (AvgIpc) is 2.37. The van der Waals surface area contributed by atoms with Gasteiger partial charge in [0, 0.05) is 17.8 Å². The van der Waals surface area contributed by atoms with Gasteiger partial charge in [0.2, 0.25) is 11.8 Å². The number of alkyl halides is 1. The van der Waals surface area contributed by atoms with Gasteiger partial charge in [0.05, 0.1) is 4.83 Å². The number of nitrogens with one attached hydrogen (secondary N) is 2. The lowest BCUT2D eigenvalue weighted by atomic mass is 10.0. The molecule has 0 fully saturated rings. The van der Waals surface area contributed by atoms with E-state index in [1.54, 1.807) is 0 Å². The van der Waals surface area contributed by atoms with Gasteiger partial charge >= 0.3 is 0 Å². The number of amides is 2. The smallest absolute Gasteiger partial charge is 0.238 e. The van der Waals surface area contributed by atoms with Crippen molar-refractivity contribution in [3.8, 4) is 0 Å². The minimum absolute atomic E-state index is 0.0459. The van der Waals surface area contributed by atoms with Crippen LogP contribution < -0.4 is 10.6 Å². The summed E-state index contributed by atoms with van der Waals surface area (Å²) in [6, 6.07) is 5.57. The van der Waals surface area contributed by atoms with Gasteiger partial charge in [0.15, 0.2) is 0 Å². The zero-order chi connectivity index (χ0) is 14.0. The summed E-state index contributed by atoms with van der Waals surface area (Å²) in [5.74, 6) is 0.233. The summed E-state index contributed by atoms with van der Waals surface area (Å²) >= 11 is 3.38. The Morgan fingerprint density at radius 2 is 2.11 bits per heavy atom. The van der Waals surface area contributed by atoms with Gasteiger partial charge in [-0.15, -0.1) is 0 Å². The Kier molecular flexibility index (Phi) is 4.24. The maximum Gasteiger partial charge on any atom is 0.238 e. The molecule has 1 aromatic rings. The molecule has 1 unspecified atom stereocenters. The van der Waals surface area contributed by atoms with E-state index in [0.29, 0.717) is 12.8 Å². The van der Waals surface area contributed by atoms with Crippen LogP contribution in [-0.2, 0) is 16.0 Å². The molecule has 2 N–H and O–H groups in total. The minimum atomic E-state index is -0.205. The molecule has 0 aliphatic carbocycles. The number of carbonyl (C=O) groups excluding carboxylic acids is 2. The molecule has 0 radical (unpaired) electrons. The van der Waals surface area contributed by atoms with Crippen molar-refractivity contribution < 1.29 is 9.59 Å². The van der Waals surface area contributed by atoms with E-state index in [0.717, 1.165) is 16.9 Å². The number of hydrogen-bond acceptors (Lipinski definition) is 2. The normalized spacial score (nSPS) is 15.7. The lowest BCUT2D eigenvalue weighted by molar-refractivity contribution is -0.117. The summed E-state index contributed by atoms with van der Waals surface area (Å²) in [6.07, 6.45) is 1.21. The molecule has 1 aromatic carbocycles. The molecular formula is C14H17BrN2O2. The van der Waals surface area contributed by atoms with E-state index in [1.165, 1.54) is 0 Å². The Bertz CT molecular complexity index is 514. The van der Waals surface area contributed by atoms with Crippen molar-refractivity contribution >= 4 is 39.1 Å². The molecule has 5 heteroatoms. The third-order valence-electron chi connectivity index (χ3n) is 3.10. The Balaban J connectivity index is 2.10. The molecule has 2 rings (SSSR count). The van der Waals surface area contributed by atoms with Crippen LogP contribution in [0.2, 0.25) is 0 Å². The summed E-state index contributed by atoms with van der Waals surface area (Å²) in [5, 5.41) is 5.71. The fraction of sp³-hybridized carbons (Fsp3) is 0.429. The Morgan fingerprint density at radius 1 is 1.37 bits per heavy atom. The van der Waals surface area contributed by atoms with Gasteiger partial charge in [-0.2, -0.15) is 0 Å². The molecule has 0 saturated carbocycles. The molecule has 0 aromatic heterocycles. The van der Waals surface area contributed by atoms with Crippen LogP contribution in [0.25, 0.3) is 0 Å². The number of hydrogen-bond donors (Lipinski definition) is 2. The summed E-state index contributed by atoms with van der Waals surface area (Å²) in [7, 11) is 0. The third-order valence-corrected chi connectivity index (χ3v) is 4.58. The Labute approximate surface area is 121 Å². The first kappa shape index (κ1) is 14.1. The Morgan fingerprint density at radius 3 is 2.79 bits per heavy atom. The lowest BCUT2D eigenvalue weighted by Crippen LogP contribution is -2.27. The van der Waals surface area contributed by atoms with E-state index in [9.17, 15) is 9.59 Å². The van der Waals surface area contributed by atoms with E-state index in [-0.39, 0.29) is 22.6 Å². The molecule has 2 amide bonds. The van der Waals surface area contributed by atoms with Crippen LogP contribution in [0.3, 0.4) is 0 Å². The monoisotopic (exact) mass is 324 g/mol. The van der Waals surface area contributed by atoms with Gasteiger partial charge in [-0.3, -0.25) is 9.59 Å². The van der Waals surface area contributed by atoms with Crippen molar-refractivity contribution in [3.63, 3.8) is 0 Å². The SMILES string of the molecule is CC(C)C(Br)C(=O)Nc1ccc2c(c1)CCC(=O)N2. The first-order valence-electron chi connectivity index (χ1n) is 6.35. The van der Waals surface area contributed by atoms with Gasteiger partial charge in [-0.1, -0.05) is 29.8 Å². The zero-order valence-electron chi connectivity index (χ0n) is 11.0. The summed E-state index contributed by atoms with van der Waals surface area (Å²) in [6.45, 7) is 3.97. The van der Waals surface area contributed by atoms with E-state index in [2.05, 4.69) is 26.6 Å². The van der Waals surface area contributed by atoms with Crippen LogP contribution in [0.1, 0.15) is 25.8 Å². The maximum absolute atomic E-state index is 11.9. The van der Waals surface area contributed by atoms with Gasteiger partial charge in [-0.25, -0.2) is 0 Å². The van der Waals surface area contributed by atoms with Crippen LogP contribution in [0.15, 0.2) is 18.2 Å². The van der Waals surface area contributed by atoms with Crippen molar-refractivity contribution in [2.75, 3.05) is 10.6 Å². The fourth-order valence-corrected chi connectivity index (χ4v) is 2.09. The van der Waals surface area contributed by atoms with Crippen LogP contribution in [0.4, 0.5) is 11.4 Å². The van der Waals surface area contributed by atoms with Gasteiger partial charge in [0.1, 0.15) is 0 Å². The lowest BCUT2D eigenvalue weighted by Gasteiger charge is -2.19. The molecule has 0 saturated heterocycles. The van der Waals surface area contributed by atoms with E-state index in [4.69, 9.17) is 0 Å². The predicted octanol–water partition coefficient (Wildman–Crippen LogP) is 2.93. The first-order valence-corrected chi connectivity index (χ1v) is 7.26. The molecule has 4 nitrogen and oxygen atoms in total. The van der Waals surface area contributed by atoms with Crippen LogP contribution >= 0.6 is 15.9 Å². The molecular weight excluding hydrogens is 308 g/mol. The van der Waals surface area contributed by atoms with E-state index in [1.807, 2.05) is 32.0 Å². The van der Waals surface area contributed by atoms with Gasteiger partial charge in [0.25, 0.3) is 0 Å². The van der Waals surface area contributed by atoms with E-state index < -0.39 is 0 Å². The molecule has 0 spiro atoms. The average molecular weight is 325 g/mol. The number of halogens is 1. The van der Waals surface area contributed by atoms with Crippen LogP contribution in [-0.4, -0.2) is 16.6 Å². The van der Waals surface area contributed by atoms with Crippen molar-refractivity contribution in [2.45, 2.75) is 31.5 Å². The zero-order valence-corrected chi connectivity index (χ0v) is 12.6. The second kappa shape index (κ2) is 5.74. The highest BCUT2D eigenvalue weighted by Gasteiger charge is 2.20. The minimum Gasteiger partial charge on any atom is -0.326 e. The topological polar surface area (TPSA) is 58.2 Å². The second-order valence-electron chi connectivity index (χ2n) is 5.06. The van der Waals surface area contributed by atoms with Crippen LogP contribution in [0.5, 0.6) is 0 Å². The highest BCUT2D eigenvalue weighted by Crippen LogP contribution is 2.26. The number of carbonyl (C=O) groups is 2. The molecule has 1 aliphatic rings. The first-order chi connectivity index (χ1) is 8.97. The summed E-state index contributed by atoms with van der Waals surface area (Å²) < 4.78 is 0. The molecule has 1 aliphatic heterocycles. The molecule has 19 heavy (non-hydrogen) atoms. The van der Waals surface area contributed by atoms with Crippen molar-refractivity contribution in [1.82, 2.24) is 0 Å². The standard InChI is InChI=1S/C14H17BrN2O2/c1-8(2)13(15)14(19)16-10-4-5-11-9(7-10)3-6-12(18)17-11/h4-5,7-8,13H,3,6H2,1-2H3,(H,16,19)(H,17,18). The number of benzene rings is 1. The maximum atomic E-state index is 11.9. The van der Waals surface area contributed by atoms with Crippen molar-refractivity contribution in [3.05, 3.63) is 23.8 Å². The van der Waals surface area contributed by atoms with E-state index >= 15 is 0 Å². The van der Waals surface area contributed by atoms with Crippen LogP contribution in [0, 0.1) is 5.92 Å². The summed E-state index contributed by atoms with van der Waals surface area (Å²) in [4.78, 5) is 23.0. The third kappa shape index (κ3) is 3.35. The number of aryl methyl sites for hydroxylation is 1. The quantitative estimate of drug-likeness (QED) is 0.840. The highest BCUT2D eigenvalue weighted by atomic mass is 79.9.